The third kappa shape index (κ3) is 2.89. The number of piperidine rings is 1. The SMILES string of the molecule is CC1CC(C)CN(c2ccc(C(=O)O)cc2[N+](=O)[O-])C1. The number of benzene rings is 1. The van der Waals surface area contributed by atoms with Gasteiger partial charge in [0.15, 0.2) is 0 Å². The summed E-state index contributed by atoms with van der Waals surface area (Å²) in [6.45, 7) is 5.77. The molecule has 0 amide bonds. The molecular formula is C14H18N2O4. The summed E-state index contributed by atoms with van der Waals surface area (Å²) < 4.78 is 0. The largest absolute Gasteiger partial charge is 0.478 e. The highest BCUT2D eigenvalue weighted by Crippen LogP contribution is 2.33. The number of anilines is 1. The molecule has 108 valence electrons. The molecule has 0 radical (unpaired) electrons. The molecule has 1 aromatic carbocycles. The molecule has 1 saturated heterocycles. The van der Waals surface area contributed by atoms with E-state index in [9.17, 15) is 14.9 Å². The predicted octanol–water partition coefficient (Wildman–Crippen LogP) is 2.78. The lowest BCUT2D eigenvalue weighted by Gasteiger charge is -2.36. The van der Waals surface area contributed by atoms with Gasteiger partial charge in [0, 0.05) is 19.2 Å². The van der Waals surface area contributed by atoms with Gasteiger partial charge >= 0.3 is 5.97 Å². The molecule has 6 nitrogen and oxygen atoms in total. The van der Waals surface area contributed by atoms with Crippen LogP contribution in [-0.4, -0.2) is 29.1 Å². The molecule has 2 atom stereocenters. The predicted molar refractivity (Wildman–Crippen MR) is 75.2 cm³/mol. The van der Waals surface area contributed by atoms with E-state index >= 15 is 0 Å². The maximum absolute atomic E-state index is 11.2. The minimum atomic E-state index is -1.15. The zero-order valence-corrected chi connectivity index (χ0v) is 11.6. The molecule has 1 N–H and O–H groups in total. The molecule has 0 aliphatic carbocycles. The van der Waals surface area contributed by atoms with Gasteiger partial charge in [-0.15, -0.1) is 0 Å². The van der Waals surface area contributed by atoms with Crippen LogP contribution in [0.4, 0.5) is 11.4 Å². The average Bonchev–Trinajstić information content (AvgIpc) is 2.36. The summed E-state index contributed by atoms with van der Waals surface area (Å²) in [5, 5.41) is 20.1. The number of hydrogen-bond donors (Lipinski definition) is 1. The van der Waals surface area contributed by atoms with Gasteiger partial charge < -0.3 is 10.0 Å². The van der Waals surface area contributed by atoms with Gasteiger partial charge in [-0.1, -0.05) is 13.8 Å². The number of nitrogens with zero attached hydrogens (tertiary/aromatic N) is 2. The highest BCUT2D eigenvalue weighted by molar-refractivity contribution is 5.89. The molecule has 0 bridgehead atoms. The van der Waals surface area contributed by atoms with Crippen molar-refractivity contribution in [1.82, 2.24) is 0 Å². The van der Waals surface area contributed by atoms with Crippen molar-refractivity contribution in [2.45, 2.75) is 20.3 Å². The molecule has 1 aliphatic heterocycles. The maximum atomic E-state index is 11.2. The van der Waals surface area contributed by atoms with E-state index in [2.05, 4.69) is 13.8 Å². The Morgan fingerprint density at radius 1 is 1.35 bits per heavy atom. The first-order valence-corrected chi connectivity index (χ1v) is 6.65. The fraction of sp³-hybridized carbons (Fsp3) is 0.500. The van der Waals surface area contributed by atoms with Gasteiger partial charge in [-0.2, -0.15) is 0 Å². The summed E-state index contributed by atoms with van der Waals surface area (Å²) in [4.78, 5) is 23.6. The van der Waals surface area contributed by atoms with Crippen molar-refractivity contribution in [3.8, 4) is 0 Å². The monoisotopic (exact) mass is 278 g/mol. The summed E-state index contributed by atoms with van der Waals surface area (Å²) in [5.41, 5.74) is 0.322. The fourth-order valence-corrected chi connectivity index (χ4v) is 2.93. The number of aromatic carboxylic acids is 1. The standard InChI is InChI=1S/C14H18N2O4/c1-9-5-10(2)8-15(7-9)12-4-3-11(14(17)18)6-13(12)16(19)20/h3-4,6,9-10H,5,7-8H2,1-2H3,(H,17,18). The Kier molecular flexibility index (Phi) is 3.92. The molecule has 20 heavy (non-hydrogen) atoms. The molecule has 1 aliphatic rings. The number of carboxylic acid groups (broad SMARTS) is 1. The van der Waals surface area contributed by atoms with Crippen LogP contribution in [0.2, 0.25) is 0 Å². The first-order valence-electron chi connectivity index (χ1n) is 6.65. The van der Waals surface area contributed by atoms with Crippen LogP contribution in [-0.2, 0) is 0 Å². The lowest BCUT2D eigenvalue weighted by atomic mass is 9.91. The van der Waals surface area contributed by atoms with Crippen LogP contribution in [0, 0.1) is 22.0 Å². The molecule has 6 heteroatoms. The molecule has 1 fully saturated rings. The molecule has 2 unspecified atom stereocenters. The van der Waals surface area contributed by atoms with Gasteiger partial charge in [-0.25, -0.2) is 4.79 Å². The van der Waals surface area contributed by atoms with Crippen molar-refractivity contribution in [2.75, 3.05) is 18.0 Å². The van der Waals surface area contributed by atoms with Gasteiger partial charge in [0.05, 0.1) is 10.5 Å². The fourth-order valence-electron chi connectivity index (χ4n) is 2.93. The second-order valence-corrected chi connectivity index (χ2v) is 5.62. The molecule has 1 heterocycles. The van der Waals surface area contributed by atoms with Crippen LogP contribution in [0.1, 0.15) is 30.6 Å². The van der Waals surface area contributed by atoms with Crippen LogP contribution < -0.4 is 4.90 Å². The molecule has 0 saturated carbocycles. The first-order chi connectivity index (χ1) is 9.38. The highest BCUT2D eigenvalue weighted by atomic mass is 16.6. The lowest BCUT2D eigenvalue weighted by Crippen LogP contribution is -2.39. The zero-order chi connectivity index (χ0) is 14.9. The molecule has 0 spiro atoms. The van der Waals surface area contributed by atoms with Crippen molar-refractivity contribution < 1.29 is 14.8 Å². The van der Waals surface area contributed by atoms with E-state index in [4.69, 9.17) is 5.11 Å². The Balaban J connectivity index is 2.40. The maximum Gasteiger partial charge on any atom is 0.335 e. The number of carbonyl (C=O) groups is 1. The molecule has 1 aromatic rings. The smallest absolute Gasteiger partial charge is 0.335 e. The Bertz CT molecular complexity index is 534. The summed E-state index contributed by atoms with van der Waals surface area (Å²) in [6.07, 6.45) is 1.11. The van der Waals surface area contributed by atoms with E-state index < -0.39 is 10.9 Å². The molecular weight excluding hydrogens is 260 g/mol. The Labute approximate surface area is 117 Å². The van der Waals surface area contributed by atoms with Crippen molar-refractivity contribution >= 4 is 17.3 Å². The highest BCUT2D eigenvalue weighted by Gasteiger charge is 2.27. The van der Waals surface area contributed by atoms with E-state index in [1.165, 1.54) is 6.07 Å². The molecule has 2 rings (SSSR count). The van der Waals surface area contributed by atoms with Gasteiger partial charge in [0.2, 0.25) is 0 Å². The first kappa shape index (κ1) is 14.3. The molecule has 0 aromatic heterocycles. The normalized spacial score (nSPS) is 22.6. The van der Waals surface area contributed by atoms with Crippen LogP contribution in [0.3, 0.4) is 0 Å². The van der Waals surface area contributed by atoms with Crippen LogP contribution >= 0.6 is 0 Å². The van der Waals surface area contributed by atoms with Gasteiger partial charge in [-0.05, 0) is 30.4 Å². The Hall–Kier alpha value is -2.11. The van der Waals surface area contributed by atoms with Gasteiger partial charge in [0.25, 0.3) is 5.69 Å². The zero-order valence-electron chi connectivity index (χ0n) is 11.6. The quantitative estimate of drug-likeness (QED) is 0.679. The third-order valence-electron chi connectivity index (χ3n) is 3.63. The number of hydrogen-bond acceptors (Lipinski definition) is 4. The van der Waals surface area contributed by atoms with Crippen molar-refractivity contribution in [2.24, 2.45) is 11.8 Å². The van der Waals surface area contributed by atoms with E-state index in [-0.39, 0.29) is 11.3 Å². The van der Waals surface area contributed by atoms with Crippen molar-refractivity contribution in [3.63, 3.8) is 0 Å². The summed E-state index contributed by atoms with van der Waals surface area (Å²) in [5.74, 6) is -0.213. The summed E-state index contributed by atoms with van der Waals surface area (Å²) in [7, 11) is 0. The number of rotatable bonds is 3. The number of nitro benzene ring substituents is 1. The topological polar surface area (TPSA) is 83.7 Å². The Morgan fingerprint density at radius 2 is 1.95 bits per heavy atom. The van der Waals surface area contributed by atoms with E-state index in [0.29, 0.717) is 17.5 Å². The van der Waals surface area contributed by atoms with E-state index in [1.807, 2.05) is 4.90 Å². The van der Waals surface area contributed by atoms with E-state index in [0.717, 1.165) is 25.6 Å². The average molecular weight is 278 g/mol. The van der Waals surface area contributed by atoms with Crippen LogP contribution in [0.15, 0.2) is 18.2 Å². The minimum Gasteiger partial charge on any atom is -0.478 e. The van der Waals surface area contributed by atoms with Crippen molar-refractivity contribution in [3.05, 3.63) is 33.9 Å². The van der Waals surface area contributed by atoms with Crippen LogP contribution in [0.25, 0.3) is 0 Å². The van der Waals surface area contributed by atoms with Crippen LogP contribution in [0.5, 0.6) is 0 Å². The second kappa shape index (κ2) is 5.48. The Morgan fingerprint density at radius 3 is 2.45 bits per heavy atom. The van der Waals surface area contributed by atoms with E-state index in [1.54, 1.807) is 6.07 Å². The third-order valence-corrected chi connectivity index (χ3v) is 3.63. The summed E-state index contributed by atoms with van der Waals surface area (Å²) in [6, 6.07) is 4.11. The van der Waals surface area contributed by atoms with Gasteiger partial charge in [-0.3, -0.25) is 10.1 Å². The lowest BCUT2D eigenvalue weighted by molar-refractivity contribution is -0.384. The number of nitro groups is 1. The second-order valence-electron chi connectivity index (χ2n) is 5.62. The number of carboxylic acids is 1. The van der Waals surface area contributed by atoms with Crippen molar-refractivity contribution in [1.29, 1.82) is 0 Å². The minimum absolute atomic E-state index is 0.0569. The van der Waals surface area contributed by atoms with Gasteiger partial charge in [0.1, 0.15) is 5.69 Å². The summed E-state index contributed by atoms with van der Waals surface area (Å²) >= 11 is 0.